The summed E-state index contributed by atoms with van der Waals surface area (Å²) in [5.41, 5.74) is 7.21. The highest BCUT2D eigenvalue weighted by Crippen LogP contribution is 2.28. The number of rotatable bonds is 4. The number of hydrogen-bond acceptors (Lipinski definition) is 4. The summed E-state index contributed by atoms with van der Waals surface area (Å²) in [5, 5.41) is 0. The highest BCUT2D eigenvalue weighted by molar-refractivity contribution is 5.92. The molecule has 0 radical (unpaired) electrons. The molecule has 1 saturated heterocycles. The molecule has 0 bridgehead atoms. The predicted octanol–water partition coefficient (Wildman–Crippen LogP) is 4.41. The second-order valence-electron chi connectivity index (χ2n) is 8.34. The third-order valence-corrected chi connectivity index (χ3v) is 5.65. The lowest BCUT2D eigenvalue weighted by Crippen LogP contribution is -2.39. The third-order valence-electron chi connectivity index (χ3n) is 5.65. The van der Waals surface area contributed by atoms with E-state index in [1.807, 2.05) is 11.8 Å². The molecule has 154 valence electrons. The van der Waals surface area contributed by atoms with Crippen LogP contribution in [0.3, 0.4) is 0 Å². The predicted molar refractivity (Wildman–Crippen MR) is 118 cm³/mol. The number of amides is 1. The zero-order valence-corrected chi connectivity index (χ0v) is 17.9. The summed E-state index contributed by atoms with van der Waals surface area (Å²) in [4.78, 5) is 28.1. The summed E-state index contributed by atoms with van der Waals surface area (Å²) in [6.45, 7) is 7.48. The lowest BCUT2D eigenvalue weighted by Gasteiger charge is -2.32. The maximum absolute atomic E-state index is 12.9. The van der Waals surface area contributed by atoms with E-state index < -0.39 is 0 Å². The van der Waals surface area contributed by atoms with Crippen molar-refractivity contribution in [1.29, 1.82) is 0 Å². The zero-order chi connectivity index (χ0) is 21.1. The van der Waals surface area contributed by atoms with Crippen molar-refractivity contribution >= 4 is 5.91 Å². The average Bonchev–Trinajstić information content (AvgIpc) is 2.73. The minimum atomic E-state index is -0.0418. The van der Waals surface area contributed by atoms with Crippen LogP contribution in [-0.4, -0.2) is 38.8 Å². The molecule has 0 spiro atoms. The molecular formula is C25H28N4O. The van der Waals surface area contributed by atoms with Crippen molar-refractivity contribution < 1.29 is 4.79 Å². The summed E-state index contributed by atoms with van der Waals surface area (Å²) in [6.07, 6.45) is 6.13. The van der Waals surface area contributed by atoms with E-state index in [0.29, 0.717) is 12.2 Å². The number of carbonyl (C=O) groups excluding carboxylic acids is 1. The third kappa shape index (κ3) is 4.73. The summed E-state index contributed by atoms with van der Waals surface area (Å²) in [5.74, 6) is 0.206. The average molecular weight is 401 g/mol. The van der Waals surface area contributed by atoms with E-state index in [1.54, 1.807) is 12.4 Å². The van der Waals surface area contributed by atoms with Gasteiger partial charge in [-0.15, -0.1) is 0 Å². The molecule has 0 saturated carbocycles. The van der Waals surface area contributed by atoms with Gasteiger partial charge in [-0.1, -0.05) is 29.8 Å². The Bertz CT molecular complexity index is 1050. The molecule has 1 aliphatic rings. The Morgan fingerprint density at radius 3 is 2.67 bits per heavy atom. The van der Waals surface area contributed by atoms with E-state index in [9.17, 15) is 4.79 Å². The number of piperidine rings is 1. The molecule has 30 heavy (non-hydrogen) atoms. The first-order valence-electron chi connectivity index (χ1n) is 10.6. The number of carbonyl (C=O) groups is 1. The molecular weight excluding hydrogens is 372 g/mol. The van der Waals surface area contributed by atoms with Crippen LogP contribution < -0.4 is 0 Å². The van der Waals surface area contributed by atoms with Gasteiger partial charge < -0.3 is 4.90 Å². The number of pyridine rings is 1. The van der Waals surface area contributed by atoms with Gasteiger partial charge in [0.2, 0.25) is 0 Å². The van der Waals surface area contributed by atoms with Crippen molar-refractivity contribution in [1.82, 2.24) is 19.9 Å². The Morgan fingerprint density at radius 1 is 1.03 bits per heavy atom. The number of aryl methyl sites for hydroxylation is 3. The van der Waals surface area contributed by atoms with Gasteiger partial charge in [0.1, 0.15) is 5.69 Å². The molecule has 0 unspecified atom stereocenters. The molecule has 5 nitrogen and oxygen atoms in total. The normalized spacial score (nSPS) is 16.5. The summed E-state index contributed by atoms with van der Waals surface area (Å²) < 4.78 is 0. The fourth-order valence-corrected chi connectivity index (χ4v) is 4.21. The highest BCUT2D eigenvalue weighted by atomic mass is 16.2. The summed E-state index contributed by atoms with van der Waals surface area (Å²) >= 11 is 0. The van der Waals surface area contributed by atoms with Crippen LogP contribution in [0, 0.1) is 20.8 Å². The Balaban J connectivity index is 1.52. The Hall–Kier alpha value is -3.08. The number of likely N-dealkylation sites (tertiary alicyclic amines) is 1. The fraction of sp³-hybridized carbons (Fsp3) is 0.360. The van der Waals surface area contributed by atoms with Gasteiger partial charge in [-0.25, -0.2) is 4.98 Å². The van der Waals surface area contributed by atoms with Crippen molar-refractivity contribution in [3.05, 3.63) is 88.3 Å². The maximum atomic E-state index is 12.9. The van der Waals surface area contributed by atoms with Gasteiger partial charge in [0, 0.05) is 36.6 Å². The second kappa shape index (κ2) is 8.74. The molecule has 1 aliphatic heterocycles. The largest absolute Gasteiger partial charge is 0.337 e. The molecule has 3 aromatic rings. The Labute approximate surface area is 178 Å². The quantitative estimate of drug-likeness (QED) is 0.651. The first-order chi connectivity index (χ1) is 14.5. The minimum absolute atomic E-state index is 0.0418. The van der Waals surface area contributed by atoms with Gasteiger partial charge >= 0.3 is 0 Å². The molecule has 3 heterocycles. The van der Waals surface area contributed by atoms with Crippen molar-refractivity contribution in [3.63, 3.8) is 0 Å². The van der Waals surface area contributed by atoms with E-state index >= 15 is 0 Å². The van der Waals surface area contributed by atoms with Crippen LogP contribution in [0.1, 0.15) is 63.0 Å². The van der Waals surface area contributed by atoms with Gasteiger partial charge in [0.05, 0.1) is 11.9 Å². The summed E-state index contributed by atoms with van der Waals surface area (Å²) in [7, 11) is 0. The SMILES string of the molecule is Cc1cccc(Cc2cc(C)nc([C@H]3CCCN(C(=O)c4cnc(C)cn4)C3)c2)c1. The smallest absolute Gasteiger partial charge is 0.274 e. The molecule has 1 amide bonds. The van der Waals surface area contributed by atoms with Crippen LogP contribution in [0.15, 0.2) is 48.8 Å². The van der Waals surface area contributed by atoms with Crippen LogP contribution in [0.4, 0.5) is 0 Å². The Kier molecular flexibility index (Phi) is 5.88. The molecule has 2 aromatic heterocycles. The fourth-order valence-electron chi connectivity index (χ4n) is 4.21. The lowest BCUT2D eigenvalue weighted by atomic mass is 9.92. The molecule has 1 aromatic carbocycles. The van der Waals surface area contributed by atoms with E-state index in [0.717, 1.165) is 42.9 Å². The van der Waals surface area contributed by atoms with Crippen molar-refractivity contribution in [2.24, 2.45) is 0 Å². The second-order valence-corrected chi connectivity index (χ2v) is 8.34. The van der Waals surface area contributed by atoms with E-state index in [2.05, 4.69) is 60.2 Å². The Morgan fingerprint density at radius 2 is 1.90 bits per heavy atom. The standard InChI is InChI=1S/C25H28N4O/c1-17-6-4-7-20(10-17)12-21-11-18(2)28-23(13-21)22-8-5-9-29(16-22)25(30)24-15-26-19(3)14-27-24/h4,6-7,10-11,13-15,22H,5,8-9,12,16H2,1-3H3/t22-/m0/s1. The number of nitrogens with zero attached hydrogens (tertiary/aromatic N) is 4. The number of aromatic nitrogens is 3. The van der Waals surface area contributed by atoms with Gasteiger partial charge in [0.25, 0.3) is 5.91 Å². The highest BCUT2D eigenvalue weighted by Gasteiger charge is 2.27. The lowest BCUT2D eigenvalue weighted by molar-refractivity contribution is 0.0699. The van der Waals surface area contributed by atoms with Gasteiger partial charge in [0.15, 0.2) is 0 Å². The molecule has 0 aliphatic carbocycles. The van der Waals surface area contributed by atoms with Crippen LogP contribution in [0.2, 0.25) is 0 Å². The van der Waals surface area contributed by atoms with Crippen LogP contribution in [0.5, 0.6) is 0 Å². The first kappa shape index (κ1) is 20.2. The van der Waals surface area contributed by atoms with Crippen LogP contribution in [-0.2, 0) is 6.42 Å². The van der Waals surface area contributed by atoms with Gasteiger partial charge in [-0.3, -0.25) is 14.8 Å². The number of hydrogen-bond donors (Lipinski definition) is 0. The van der Waals surface area contributed by atoms with Gasteiger partial charge in [-0.05, 0) is 63.3 Å². The summed E-state index contributed by atoms with van der Waals surface area (Å²) in [6, 6.07) is 13.0. The number of benzene rings is 1. The van der Waals surface area contributed by atoms with Crippen LogP contribution in [0.25, 0.3) is 0 Å². The monoisotopic (exact) mass is 400 g/mol. The zero-order valence-electron chi connectivity index (χ0n) is 17.9. The first-order valence-corrected chi connectivity index (χ1v) is 10.6. The van der Waals surface area contributed by atoms with E-state index in [4.69, 9.17) is 4.98 Å². The van der Waals surface area contributed by atoms with Crippen molar-refractivity contribution in [2.75, 3.05) is 13.1 Å². The minimum Gasteiger partial charge on any atom is -0.337 e. The van der Waals surface area contributed by atoms with Gasteiger partial charge in [-0.2, -0.15) is 0 Å². The molecule has 4 rings (SSSR count). The van der Waals surface area contributed by atoms with E-state index in [1.165, 1.54) is 16.7 Å². The van der Waals surface area contributed by atoms with Crippen molar-refractivity contribution in [3.8, 4) is 0 Å². The van der Waals surface area contributed by atoms with E-state index in [-0.39, 0.29) is 11.8 Å². The van der Waals surface area contributed by atoms with Crippen molar-refractivity contribution in [2.45, 2.75) is 46.0 Å². The molecule has 1 atom stereocenters. The molecule has 5 heteroatoms. The molecule has 0 N–H and O–H groups in total. The molecule has 1 fully saturated rings. The van der Waals surface area contributed by atoms with Crippen LogP contribution >= 0.6 is 0 Å². The maximum Gasteiger partial charge on any atom is 0.274 e. The topological polar surface area (TPSA) is 59.0 Å².